The van der Waals surface area contributed by atoms with Gasteiger partial charge in [0.05, 0.1) is 25.0 Å². The van der Waals surface area contributed by atoms with E-state index >= 15 is 0 Å². The Kier molecular flexibility index (Phi) is 5.25. The van der Waals surface area contributed by atoms with E-state index in [0.29, 0.717) is 25.4 Å². The van der Waals surface area contributed by atoms with Gasteiger partial charge in [-0.3, -0.25) is 9.78 Å². The number of nitrogens with zero attached hydrogens (tertiary/aromatic N) is 3. The molecule has 2 aromatic heterocycles. The van der Waals surface area contributed by atoms with Crippen molar-refractivity contribution in [3.8, 4) is 5.75 Å². The zero-order valence-corrected chi connectivity index (χ0v) is 12.4. The van der Waals surface area contributed by atoms with Gasteiger partial charge in [0.15, 0.2) is 0 Å². The molecule has 0 atom stereocenters. The van der Waals surface area contributed by atoms with Crippen molar-refractivity contribution < 1.29 is 4.74 Å². The highest BCUT2D eigenvalue weighted by molar-refractivity contribution is 9.10. The minimum atomic E-state index is -0.222. The first-order valence-electron chi connectivity index (χ1n) is 6.19. The molecule has 2 rings (SSSR count). The van der Waals surface area contributed by atoms with Gasteiger partial charge in [-0.25, -0.2) is 4.68 Å². The van der Waals surface area contributed by atoms with Crippen LogP contribution in [-0.4, -0.2) is 27.9 Å². The maximum atomic E-state index is 11.9. The minimum absolute atomic E-state index is 0.222. The second-order valence-electron chi connectivity index (χ2n) is 4.15. The lowest BCUT2D eigenvalue weighted by Gasteiger charge is -2.07. The molecule has 0 aliphatic heterocycles. The van der Waals surface area contributed by atoms with Crippen molar-refractivity contribution in [3.63, 3.8) is 0 Å². The number of halogens is 1. The fourth-order valence-corrected chi connectivity index (χ4v) is 1.78. The van der Waals surface area contributed by atoms with Crippen molar-refractivity contribution in [3.05, 3.63) is 51.1 Å². The lowest BCUT2D eigenvalue weighted by atomic mass is 10.3. The SMILES string of the molecule is NCCCOc1cnn(Cc2ccc(Br)cn2)c(=O)c1. The Hall–Kier alpha value is -1.73. The van der Waals surface area contributed by atoms with Crippen molar-refractivity contribution in [2.24, 2.45) is 5.73 Å². The Bertz CT molecular complexity index is 613. The lowest BCUT2D eigenvalue weighted by Crippen LogP contribution is -2.23. The number of ether oxygens (including phenoxy) is 1. The third kappa shape index (κ3) is 4.14. The number of rotatable bonds is 6. The van der Waals surface area contributed by atoms with E-state index in [1.165, 1.54) is 16.9 Å². The van der Waals surface area contributed by atoms with Crippen LogP contribution >= 0.6 is 15.9 Å². The second kappa shape index (κ2) is 7.16. The average Bonchev–Trinajstić information content (AvgIpc) is 2.44. The molecule has 0 fully saturated rings. The number of pyridine rings is 1. The Morgan fingerprint density at radius 1 is 1.35 bits per heavy atom. The number of hydrogen-bond acceptors (Lipinski definition) is 5. The van der Waals surface area contributed by atoms with Crippen molar-refractivity contribution >= 4 is 15.9 Å². The summed E-state index contributed by atoms with van der Waals surface area (Å²) in [6.45, 7) is 1.37. The Morgan fingerprint density at radius 2 is 2.20 bits per heavy atom. The zero-order chi connectivity index (χ0) is 14.4. The van der Waals surface area contributed by atoms with Gasteiger partial charge in [0, 0.05) is 16.7 Å². The summed E-state index contributed by atoms with van der Waals surface area (Å²) < 4.78 is 7.60. The van der Waals surface area contributed by atoms with Crippen molar-refractivity contribution in [2.45, 2.75) is 13.0 Å². The van der Waals surface area contributed by atoms with E-state index in [9.17, 15) is 4.79 Å². The number of aromatic nitrogens is 3. The van der Waals surface area contributed by atoms with Crippen LogP contribution in [0.5, 0.6) is 5.75 Å². The van der Waals surface area contributed by atoms with E-state index in [0.717, 1.165) is 16.6 Å². The highest BCUT2D eigenvalue weighted by Gasteiger charge is 2.03. The molecule has 20 heavy (non-hydrogen) atoms. The maximum Gasteiger partial charge on any atom is 0.270 e. The van der Waals surface area contributed by atoms with Crippen LogP contribution in [0.1, 0.15) is 12.1 Å². The van der Waals surface area contributed by atoms with E-state index in [1.54, 1.807) is 6.20 Å². The van der Waals surface area contributed by atoms with E-state index in [2.05, 4.69) is 26.0 Å². The normalized spacial score (nSPS) is 10.5. The molecule has 0 saturated carbocycles. The van der Waals surface area contributed by atoms with E-state index < -0.39 is 0 Å². The van der Waals surface area contributed by atoms with Crippen LogP contribution in [0.25, 0.3) is 0 Å². The molecule has 106 valence electrons. The summed E-state index contributed by atoms with van der Waals surface area (Å²) in [5, 5.41) is 4.07. The van der Waals surface area contributed by atoms with E-state index in [-0.39, 0.29) is 5.56 Å². The third-order valence-corrected chi connectivity index (χ3v) is 3.03. The Morgan fingerprint density at radius 3 is 2.85 bits per heavy atom. The molecule has 0 spiro atoms. The molecule has 0 unspecified atom stereocenters. The Balaban J connectivity index is 2.06. The molecule has 6 nitrogen and oxygen atoms in total. The highest BCUT2D eigenvalue weighted by atomic mass is 79.9. The fraction of sp³-hybridized carbons (Fsp3) is 0.308. The van der Waals surface area contributed by atoms with Crippen LogP contribution < -0.4 is 16.0 Å². The molecule has 0 aliphatic carbocycles. The molecule has 0 saturated heterocycles. The van der Waals surface area contributed by atoms with Gasteiger partial charge in [-0.1, -0.05) is 0 Å². The molecular formula is C13H15BrN4O2. The number of nitrogens with two attached hydrogens (primary N) is 1. The molecule has 0 bridgehead atoms. The summed E-state index contributed by atoms with van der Waals surface area (Å²) >= 11 is 3.31. The molecule has 0 amide bonds. The van der Waals surface area contributed by atoms with Crippen LogP contribution in [0.15, 0.2) is 39.9 Å². The topological polar surface area (TPSA) is 83.0 Å². The van der Waals surface area contributed by atoms with Crippen LogP contribution in [0.4, 0.5) is 0 Å². The van der Waals surface area contributed by atoms with Crippen LogP contribution in [0.2, 0.25) is 0 Å². The van der Waals surface area contributed by atoms with Crippen molar-refractivity contribution in [1.82, 2.24) is 14.8 Å². The third-order valence-electron chi connectivity index (χ3n) is 2.56. The Labute approximate surface area is 124 Å². The zero-order valence-electron chi connectivity index (χ0n) is 10.8. The molecule has 7 heteroatoms. The van der Waals surface area contributed by atoms with Crippen molar-refractivity contribution in [1.29, 1.82) is 0 Å². The van der Waals surface area contributed by atoms with E-state index in [1.807, 2.05) is 12.1 Å². The minimum Gasteiger partial charge on any atom is -0.492 e. The van der Waals surface area contributed by atoms with E-state index in [4.69, 9.17) is 10.5 Å². The van der Waals surface area contributed by atoms with Crippen LogP contribution in [-0.2, 0) is 6.54 Å². The largest absolute Gasteiger partial charge is 0.492 e. The van der Waals surface area contributed by atoms with Gasteiger partial charge in [0.25, 0.3) is 5.56 Å². The first kappa shape index (κ1) is 14.7. The first-order valence-corrected chi connectivity index (χ1v) is 6.99. The molecule has 2 heterocycles. The van der Waals surface area contributed by atoms with Crippen molar-refractivity contribution in [2.75, 3.05) is 13.2 Å². The van der Waals surface area contributed by atoms with Gasteiger partial charge < -0.3 is 10.5 Å². The summed E-state index contributed by atoms with van der Waals surface area (Å²) in [6.07, 6.45) is 3.95. The first-order chi connectivity index (χ1) is 9.69. The average molecular weight is 339 g/mol. The second-order valence-corrected chi connectivity index (χ2v) is 5.06. The smallest absolute Gasteiger partial charge is 0.270 e. The van der Waals surface area contributed by atoms with Gasteiger partial charge in [0.1, 0.15) is 5.75 Å². The van der Waals surface area contributed by atoms with Gasteiger partial charge in [0.2, 0.25) is 0 Å². The summed E-state index contributed by atoms with van der Waals surface area (Å²) in [5.74, 6) is 0.462. The molecule has 0 aromatic carbocycles. The maximum absolute atomic E-state index is 11.9. The monoisotopic (exact) mass is 338 g/mol. The predicted octanol–water partition coefficient (Wildman–Crippen LogP) is 1.18. The molecule has 2 aromatic rings. The molecule has 0 aliphatic rings. The van der Waals surface area contributed by atoms with Gasteiger partial charge in [-0.2, -0.15) is 5.10 Å². The van der Waals surface area contributed by atoms with Gasteiger partial charge in [-0.15, -0.1) is 0 Å². The summed E-state index contributed by atoms with van der Waals surface area (Å²) in [4.78, 5) is 16.1. The quantitative estimate of drug-likeness (QED) is 0.799. The summed E-state index contributed by atoms with van der Waals surface area (Å²) in [6, 6.07) is 5.13. The summed E-state index contributed by atoms with van der Waals surface area (Å²) in [7, 11) is 0. The molecule has 2 N–H and O–H groups in total. The summed E-state index contributed by atoms with van der Waals surface area (Å²) in [5.41, 5.74) is 5.91. The molecule has 0 radical (unpaired) electrons. The molecular weight excluding hydrogens is 324 g/mol. The van der Waals surface area contributed by atoms with Crippen LogP contribution in [0, 0.1) is 0 Å². The van der Waals surface area contributed by atoms with Gasteiger partial charge >= 0.3 is 0 Å². The highest BCUT2D eigenvalue weighted by Crippen LogP contribution is 2.08. The lowest BCUT2D eigenvalue weighted by molar-refractivity contribution is 0.309. The standard InChI is InChI=1S/C13H15BrN4O2/c14-10-2-3-11(16-7-10)9-18-13(19)6-12(8-17-18)20-5-1-4-15/h2-3,6-8H,1,4-5,9,15H2. The predicted molar refractivity (Wildman–Crippen MR) is 78.7 cm³/mol. The van der Waals surface area contributed by atoms with Gasteiger partial charge in [-0.05, 0) is 41.0 Å². The number of hydrogen-bond donors (Lipinski definition) is 1. The fourth-order valence-electron chi connectivity index (χ4n) is 1.54. The van der Waals surface area contributed by atoms with Crippen LogP contribution in [0.3, 0.4) is 0 Å².